The number of rotatable bonds is 3. The van der Waals surface area contributed by atoms with Gasteiger partial charge in [0, 0.05) is 21.6 Å². The highest BCUT2D eigenvalue weighted by Gasteiger charge is 2.16. The zero-order chi connectivity index (χ0) is 12.3. The molecule has 1 aromatic carbocycles. The van der Waals surface area contributed by atoms with E-state index in [4.69, 9.17) is 17.3 Å². The smallest absolute Gasteiger partial charge is 0.123 e. The minimum atomic E-state index is -0.296. The third kappa shape index (κ3) is 4.32. The first-order valence-electron chi connectivity index (χ1n) is 5.14. The van der Waals surface area contributed by atoms with Crippen molar-refractivity contribution < 1.29 is 4.39 Å². The Kier molecular flexibility index (Phi) is 4.65. The van der Waals surface area contributed by atoms with Crippen molar-refractivity contribution in [1.82, 2.24) is 0 Å². The molecule has 0 bridgehead atoms. The van der Waals surface area contributed by atoms with E-state index in [-0.39, 0.29) is 16.6 Å². The van der Waals surface area contributed by atoms with Crippen molar-refractivity contribution in [2.45, 2.75) is 31.6 Å². The van der Waals surface area contributed by atoms with Gasteiger partial charge in [-0.1, -0.05) is 32.4 Å². The van der Waals surface area contributed by atoms with Crippen molar-refractivity contribution in [3.63, 3.8) is 0 Å². The van der Waals surface area contributed by atoms with Crippen LogP contribution in [-0.4, -0.2) is 10.5 Å². The second kappa shape index (κ2) is 5.39. The van der Waals surface area contributed by atoms with Crippen LogP contribution in [-0.2, 0) is 0 Å². The lowest BCUT2D eigenvalue weighted by atomic mass is 10.1. The molecule has 1 nitrogen and oxygen atoms in total. The maximum Gasteiger partial charge on any atom is 0.123 e. The Morgan fingerprint density at radius 1 is 1.44 bits per heavy atom. The summed E-state index contributed by atoms with van der Waals surface area (Å²) in [7, 11) is 0. The zero-order valence-electron chi connectivity index (χ0n) is 9.76. The van der Waals surface area contributed by atoms with Crippen LogP contribution in [0.15, 0.2) is 18.2 Å². The normalized spacial score (nSPS) is 13.9. The topological polar surface area (TPSA) is 26.0 Å². The maximum atomic E-state index is 13.1. The maximum absolute atomic E-state index is 13.1. The molecule has 0 amide bonds. The molecule has 16 heavy (non-hydrogen) atoms. The number of nitrogens with two attached hydrogens (primary N) is 1. The fourth-order valence-electron chi connectivity index (χ4n) is 1.23. The van der Waals surface area contributed by atoms with Crippen molar-refractivity contribution >= 4 is 23.4 Å². The molecule has 0 spiro atoms. The van der Waals surface area contributed by atoms with Crippen molar-refractivity contribution in [3.8, 4) is 0 Å². The molecule has 4 heteroatoms. The number of thioether (sulfide) groups is 1. The highest BCUT2D eigenvalue weighted by molar-refractivity contribution is 8.00. The number of hydrogen-bond donors (Lipinski definition) is 1. The Bertz CT molecular complexity index is 363. The van der Waals surface area contributed by atoms with E-state index < -0.39 is 0 Å². The molecule has 0 aliphatic heterocycles. The number of hydrogen-bond acceptors (Lipinski definition) is 2. The van der Waals surface area contributed by atoms with E-state index in [9.17, 15) is 4.39 Å². The summed E-state index contributed by atoms with van der Waals surface area (Å²) in [6.45, 7) is 6.37. The van der Waals surface area contributed by atoms with E-state index in [0.29, 0.717) is 10.6 Å². The molecule has 0 fully saturated rings. The van der Waals surface area contributed by atoms with Crippen molar-refractivity contribution in [3.05, 3.63) is 34.6 Å². The second-order valence-corrected chi connectivity index (χ2v) is 6.95. The average molecular weight is 262 g/mol. The fourth-order valence-corrected chi connectivity index (χ4v) is 2.35. The van der Waals surface area contributed by atoms with Gasteiger partial charge in [-0.15, -0.1) is 0 Å². The largest absolute Gasteiger partial charge is 0.323 e. The first-order valence-corrected chi connectivity index (χ1v) is 6.50. The third-order valence-corrected chi connectivity index (χ3v) is 3.79. The van der Waals surface area contributed by atoms with E-state index in [1.807, 2.05) is 0 Å². The molecule has 0 aliphatic carbocycles. The van der Waals surface area contributed by atoms with E-state index >= 15 is 0 Å². The predicted molar refractivity (Wildman–Crippen MR) is 70.5 cm³/mol. The van der Waals surface area contributed by atoms with Crippen LogP contribution in [0.4, 0.5) is 4.39 Å². The molecule has 0 radical (unpaired) electrons. The van der Waals surface area contributed by atoms with Gasteiger partial charge < -0.3 is 5.73 Å². The molecule has 90 valence electrons. The van der Waals surface area contributed by atoms with Crippen LogP contribution in [0.25, 0.3) is 0 Å². The number of benzene rings is 1. The molecular weight excluding hydrogens is 245 g/mol. The van der Waals surface area contributed by atoms with Crippen LogP contribution >= 0.6 is 23.4 Å². The van der Waals surface area contributed by atoms with Crippen LogP contribution < -0.4 is 5.73 Å². The standard InChI is InChI=1S/C12H17ClFNS/c1-12(2,3)16-7-11(15)9-6-8(14)4-5-10(9)13/h4-6,11H,7,15H2,1-3H3. The quantitative estimate of drug-likeness (QED) is 0.890. The van der Waals surface area contributed by atoms with Crippen LogP contribution in [0.2, 0.25) is 5.02 Å². The van der Waals surface area contributed by atoms with Gasteiger partial charge >= 0.3 is 0 Å². The van der Waals surface area contributed by atoms with E-state index in [0.717, 1.165) is 5.75 Å². The van der Waals surface area contributed by atoms with E-state index in [1.165, 1.54) is 12.1 Å². The summed E-state index contributed by atoms with van der Waals surface area (Å²) in [5.41, 5.74) is 6.68. The van der Waals surface area contributed by atoms with Gasteiger partial charge in [-0.05, 0) is 23.8 Å². The van der Waals surface area contributed by atoms with Crippen LogP contribution in [0.3, 0.4) is 0 Å². The van der Waals surface area contributed by atoms with Gasteiger partial charge in [-0.3, -0.25) is 0 Å². The summed E-state index contributed by atoms with van der Waals surface area (Å²) in [6, 6.07) is 4.08. The SMILES string of the molecule is CC(C)(C)SCC(N)c1cc(F)ccc1Cl. The molecule has 1 aromatic rings. The summed E-state index contributed by atoms with van der Waals surface area (Å²) in [5, 5.41) is 0.531. The predicted octanol–water partition coefficient (Wildman–Crippen LogP) is 4.01. The lowest BCUT2D eigenvalue weighted by Gasteiger charge is -2.21. The zero-order valence-corrected chi connectivity index (χ0v) is 11.3. The van der Waals surface area contributed by atoms with Gasteiger partial charge in [0.2, 0.25) is 0 Å². The Labute approximate surface area is 106 Å². The lowest BCUT2D eigenvalue weighted by Crippen LogP contribution is -2.18. The molecule has 0 saturated carbocycles. The van der Waals surface area contributed by atoms with Gasteiger partial charge in [0.15, 0.2) is 0 Å². The molecular formula is C12H17ClFNS. The van der Waals surface area contributed by atoms with Crippen LogP contribution in [0.5, 0.6) is 0 Å². The van der Waals surface area contributed by atoms with Gasteiger partial charge in [-0.25, -0.2) is 4.39 Å². The van der Waals surface area contributed by atoms with Gasteiger partial charge in [0.1, 0.15) is 5.82 Å². The van der Waals surface area contributed by atoms with Crippen molar-refractivity contribution in [2.75, 3.05) is 5.75 Å². The Morgan fingerprint density at radius 2 is 2.06 bits per heavy atom. The second-order valence-electron chi connectivity index (χ2n) is 4.70. The van der Waals surface area contributed by atoms with Crippen molar-refractivity contribution in [1.29, 1.82) is 0 Å². The molecule has 1 unspecified atom stereocenters. The summed E-state index contributed by atoms with van der Waals surface area (Å²) in [6.07, 6.45) is 0. The summed E-state index contributed by atoms with van der Waals surface area (Å²) in [4.78, 5) is 0. The average Bonchev–Trinajstić information content (AvgIpc) is 2.17. The lowest BCUT2D eigenvalue weighted by molar-refractivity contribution is 0.622. The first kappa shape index (κ1) is 13.8. The Balaban J connectivity index is 2.73. The number of halogens is 2. The van der Waals surface area contributed by atoms with E-state index in [2.05, 4.69) is 20.8 Å². The molecule has 0 aliphatic rings. The molecule has 1 atom stereocenters. The monoisotopic (exact) mass is 261 g/mol. The van der Waals surface area contributed by atoms with Gasteiger partial charge in [0.25, 0.3) is 0 Å². The minimum Gasteiger partial charge on any atom is -0.323 e. The van der Waals surface area contributed by atoms with Gasteiger partial charge in [-0.2, -0.15) is 11.8 Å². The molecule has 0 heterocycles. The highest BCUT2D eigenvalue weighted by Crippen LogP contribution is 2.30. The molecule has 0 aromatic heterocycles. The first-order chi connectivity index (χ1) is 7.29. The third-order valence-electron chi connectivity index (χ3n) is 2.05. The highest BCUT2D eigenvalue weighted by atomic mass is 35.5. The van der Waals surface area contributed by atoms with E-state index in [1.54, 1.807) is 17.8 Å². The summed E-state index contributed by atoms with van der Waals surface area (Å²) >= 11 is 7.73. The summed E-state index contributed by atoms with van der Waals surface area (Å²) < 4.78 is 13.2. The molecule has 1 rings (SSSR count). The van der Waals surface area contributed by atoms with Crippen LogP contribution in [0.1, 0.15) is 32.4 Å². The Hall–Kier alpha value is -0.250. The summed E-state index contributed by atoms with van der Waals surface area (Å²) in [5.74, 6) is 0.433. The van der Waals surface area contributed by atoms with Crippen LogP contribution in [0, 0.1) is 5.82 Å². The fraction of sp³-hybridized carbons (Fsp3) is 0.500. The minimum absolute atomic E-state index is 0.150. The Morgan fingerprint density at radius 3 is 2.62 bits per heavy atom. The van der Waals surface area contributed by atoms with Gasteiger partial charge in [0.05, 0.1) is 0 Å². The van der Waals surface area contributed by atoms with Crippen molar-refractivity contribution in [2.24, 2.45) is 5.73 Å². The molecule has 2 N–H and O–H groups in total. The molecule has 0 saturated heterocycles.